The molecule has 0 spiro atoms. The van der Waals surface area contributed by atoms with E-state index in [4.69, 9.17) is 4.42 Å². The van der Waals surface area contributed by atoms with Crippen LogP contribution in [0.5, 0.6) is 0 Å². The van der Waals surface area contributed by atoms with Gasteiger partial charge in [0.1, 0.15) is 5.76 Å². The second-order valence-corrected chi connectivity index (χ2v) is 4.78. The van der Waals surface area contributed by atoms with Gasteiger partial charge in [-0.1, -0.05) is 22.0 Å². The van der Waals surface area contributed by atoms with Crippen LogP contribution in [0.2, 0.25) is 0 Å². The second-order valence-electron chi connectivity index (χ2n) is 3.87. The van der Waals surface area contributed by atoms with E-state index in [2.05, 4.69) is 20.8 Å². The van der Waals surface area contributed by atoms with Gasteiger partial charge in [0.2, 0.25) is 0 Å². The number of nitrogens with zero attached hydrogens (tertiary/aromatic N) is 1. The number of benzene rings is 1. The summed E-state index contributed by atoms with van der Waals surface area (Å²) in [4.78, 5) is 2.05. The number of hydrogen-bond donors (Lipinski definition) is 1. The van der Waals surface area contributed by atoms with Crippen molar-refractivity contribution in [3.05, 3.63) is 52.4 Å². The molecule has 0 unspecified atom stereocenters. The molecule has 17 heavy (non-hydrogen) atoms. The number of aliphatic hydroxyl groups is 1. The highest BCUT2D eigenvalue weighted by Gasteiger charge is 2.09. The molecule has 1 N–H and O–H groups in total. The molecule has 90 valence electrons. The highest BCUT2D eigenvalue weighted by molar-refractivity contribution is 9.10. The Morgan fingerprint density at radius 3 is 2.82 bits per heavy atom. The Balaban J connectivity index is 2.23. The van der Waals surface area contributed by atoms with Crippen molar-refractivity contribution in [3.8, 4) is 0 Å². The van der Waals surface area contributed by atoms with Crippen LogP contribution in [-0.4, -0.2) is 12.2 Å². The molecule has 0 fully saturated rings. The lowest BCUT2D eigenvalue weighted by Gasteiger charge is -2.21. The number of anilines is 1. The first-order valence-electron chi connectivity index (χ1n) is 5.33. The van der Waals surface area contributed by atoms with E-state index in [1.54, 1.807) is 6.26 Å². The molecule has 4 heteroatoms. The zero-order chi connectivity index (χ0) is 12.3. The minimum absolute atomic E-state index is 0.0328. The lowest BCUT2D eigenvalue weighted by Crippen LogP contribution is -2.17. The first kappa shape index (κ1) is 12.2. The summed E-state index contributed by atoms with van der Waals surface area (Å²) in [5, 5.41) is 9.32. The van der Waals surface area contributed by atoms with Gasteiger partial charge < -0.3 is 14.4 Å². The van der Waals surface area contributed by atoms with E-state index in [1.807, 2.05) is 37.4 Å². The Morgan fingerprint density at radius 2 is 2.18 bits per heavy atom. The van der Waals surface area contributed by atoms with Gasteiger partial charge in [0.25, 0.3) is 0 Å². The van der Waals surface area contributed by atoms with Crippen molar-refractivity contribution in [1.29, 1.82) is 0 Å². The Bertz CT molecular complexity index is 482. The monoisotopic (exact) mass is 295 g/mol. The number of aliphatic hydroxyl groups excluding tert-OH is 1. The lowest BCUT2D eigenvalue weighted by molar-refractivity contribution is 0.282. The second kappa shape index (κ2) is 5.38. The van der Waals surface area contributed by atoms with Crippen molar-refractivity contribution in [2.75, 3.05) is 11.9 Å². The molecule has 0 amide bonds. The summed E-state index contributed by atoms with van der Waals surface area (Å²) in [7, 11) is 1.98. The van der Waals surface area contributed by atoms with Crippen molar-refractivity contribution >= 4 is 21.6 Å². The van der Waals surface area contributed by atoms with Crippen LogP contribution in [0.3, 0.4) is 0 Å². The Kier molecular flexibility index (Phi) is 3.86. The van der Waals surface area contributed by atoms with Crippen molar-refractivity contribution in [2.24, 2.45) is 0 Å². The van der Waals surface area contributed by atoms with Crippen LogP contribution >= 0.6 is 15.9 Å². The molecule has 0 saturated carbocycles. The van der Waals surface area contributed by atoms with Gasteiger partial charge in [-0.05, 0) is 24.3 Å². The molecule has 0 aliphatic rings. The molecular weight excluding hydrogens is 282 g/mol. The highest BCUT2D eigenvalue weighted by atomic mass is 79.9. The number of furan rings is 1. The number of rotatable bonds is 4. The van der Waals surface area contributed by atoms with Crippen LogP contribution < -0.4 is 4.90 Å². The van der Waals surface area contributed by atoms with Crippen LogP contribution in [0.15, 0.2) is 45.5 Å². The minimum atomic E-state index is 0.0328. The van der Waals surface area contributed by atoms with Crippen molar-refractivity contribution in [1.82, 2.24) is 0 Å². The van der Waals surface area contributed by atoms with E-state index in [1.165, 1.54) is 0 Å². The van der Waals surface area contributed by atoms with Gasteiger partial charge in [0.15, 0.2) is 0 Å². The molecule has 0 atom stereocenters. The molecule has 3 nitrogen and oxygen atoms in total. The van der Waals surface area contributed by atoms with E-state index in [0.717, 1.165) is 21.5 Å². The first-order chi connectivity index (χ1) is 8.20. The van der Waals surface area contributed by atoms with E-state index in [9.17, 15) is 5.11 Å². The van der Waals surface area contributed by atoms with Crippen molar-refractivity contribution in [3.63, 3.8) is 0 Å². The molecule has 1 aromatic carbocycles. The third-order valence-corrected chi connectivity index (χ3v) is 3.10. The van der Waals surface area contributed by atoms with E-state index >= 15 is 0 Å². The molecule has 1 aromatic heterocycles. The zero-order valence-corrected chi connectivity index (χ0v) is 11.1. The number of halogens is 1. The average molecular weight is 296 g/mol. The molecule has 2 rings (SSSR count). The molecule has 0 saturated heterocycles. The number of hydrogen-bond acceptors (Lipinski definition) is 3. The fourth-order valence-corrected chi connectivity index (χ4v) is 2.10. The largest absolute Gasteiger partial charge is 0.467 e. The van der Waals surface area contributed by atoms with Crippen molar-refractivity contribution in [2.45, 2.75) is 13.2 Å². The fourth-order valence-electron chi connectivity index (χ4n) is 1.75. The highest BCUT2D eigenvalue weighted by Crippen LogP contribution is 2.25. The molecule has 0 radical (unpaired) electrons. The van der Waals surface area contributed by atoms with Crippen LogP contribution in [0.25, 0.3) is 0 Å². The van der Waals surface area contributed by atoms with E-state index in [0.29, 0.717) is 6.54 Å². The maximum atomic E-state index is 9.32. The maximum Gasteiger partial charge on any atom is 0.123 e. The van der Waals surface area contributed by atoms with Crippen molar-refractivity contribution < 1.29 is 9.52 Å². The fraction of sp³-hybridized carbons (Fsp3) is 0.231. The standard InChI is InChI=1S/C13H14BrNO2/c1-15(8-12-3-2-6-17-12)13-7-11(14)5-4-10(13)9-16/h2-7,16H,8-9H2,1H3. The summed E-state index contributed by atoms with van der Waals surface area (Å²) in [5.41, 5.74) is 1.90. The van der Waals surface area contributed by atoms with Gasteiger partial charge in [-0.3, -0.25) is 0 Å². The zero-order valence-electron chi connectivity index (χ0n) is 9.56. The normalized spacial score (nSPS) is 10.5. The first-order valence-corrected chi connectivity index (χ1v) is 6.13. The van der Waals surface area contributed by atoms with Gasteiger partial charge >= 0.3 is 0 Å². The van der Waals surface area contributed by atoms with Gasteiger partial charge in [0.05, 0.1) is 19.4 Å². The van der Waals surface area contributed by atoms with Gasteiger partial charge in [-0.15, -0.1) is 0 Å². The average Bonchev–Trinajstić information content (AvgIpc) is 2.81. The summed E-state index contributed by atoms with van der Waals surface area (Å²) in [6.45, 7) is 0.710. The molecule has 0 aliphatic carbocycles. The Hall–Kier alpha value is -1.26. The molecule has 0 bridgehead atoms. The van der Waals surface area contributed by atoms with Crippen LogP contribution in [0.1, 0.15) is 11.3 Å². The van der Waals surface area contributed by atoms with E-state index < -0.39 is 0 Å². The van der Waals surface area contributed by atoms with Gasteiger partial charge in [-0.2, -0.15) is 0 Å². The predicted octanol–water partition coefficient (Wildman–Crippen LogP) is 3.17. The molecular formula is C13H14BrNO2. The van der Waals surface area contributed by atoms with Crippen LogP contribution in [0, 0.1) is 0 Å². The Labute approximate surface area is 109 Å². The van der Waals surface area contributed by atoms with Crippen LogP contribution in [0.4, 0.5) is 5.69 Å². The molecule has 1 heterocycles. The lowest BCUT2D eigenvalue weighted by atomic mass is 10.1. The van der Waals surface area contributed by atoms with E-state index in [-0.39, 0.29) is 6.61 Å². The summed E-state index contributed by atoms with van der Waals surface area (Å²) in [5.74, 6) is 0.899. The summed E-state index contributed by atoms with van der Waals surface area (Å²) in [6.07, 6.45) is 1.66. The third kappa shape index (κ3) is 2.90. The summed E-state index contributed by atoms with van der Waals surface area (Å²) in [6, 6.07) is 9.65. The third-order valence-electron chi connectivity index (χ3n) is 2.60. The SMILES string of the molecule is CN(Cc1ccco1)c1cc(Br)ccc1CO. The Morgan fingerprint density at radius 1 is 1.35 bits per heavy atom. The topological polar surface area (TPSA) is 36.6 Å². The molecule has 0 aliphatic heterocycles. The summed E-state index contributed by atoms with van der Waals surface area (Å²) < 4.78 is 6.31. The molecule has 2 aromatic rings. The maximum absolute atomic E-state index is 9.32. The van der Waals surface area contributed by atoms with Crippen LogP contribution in [-0.2, 0) is 13.2 Å². The quantitative estimate of drug-likeness (QED) is 0.941. The van der Waals surface area contributed by atoms with Gasteiger partial charge in [0, 0.05) is 22.8 Å². The smallest absolute Gasteiger partial charge is 0.123 e. The van der Waals surface area contributed by atoms with Gasteiger partial charge in [-0.25, -0.2) is 0 Å². The minimum Gasteiger partial charge on any atom is -0.467 e. The summed E-state index contributed by atoms with van der Waals surface area (Å²) >= 11 is 3.44. The predicted molar refractivity (Wildman–Crippen MR) is 70.9 cm³/mol.